The number of hydrogen-bond acceptors (Lipinski definition) is 3. The fraction of sp³-hybridized carbons (Fsp3) is 0.357. The van der Waals surface area contributed by atoms with Crippen molar-refractivity contribution in [2.45, 2.75) is 25.6 Å². The van der Waals surface area contributed by atoms with Gasteiger partial charge in [-0.15, -0.1) is 0 Å². The van der Waals surface area contributed by atoms with Gasteiger partial charge in [-0.2, -0.15) is 5.10 Å². The summed E-state index contributed by atoms with van der Waals surface area (Å²) in [4.78, 5) is 0. The first-order valence-electron chi connectivity index (χ1n) is 6.40. The SMILES string of the molecule is C[C@@H](Cn1cccn1)NC[C@@H](O)c1cc(F)ccc1F. The number of aromatic nitrogens is 2. The Morgan fingerprint density at radius 2 is 2.20 bits per heavy atom. The molecule has 2 atom stereocenters. The second-order valence-corrected chi connectivity index (χ2v) is 4.72. The molecule has 2 N–H and O–H groups in total. The average Bonchev–Trinajstić information content (AvgIpc) is 2.91. The van der Waals surface area contributed by atoms with Crippen molar-refractivity contribution in [3.05, 3.63) is 53.9 Å². The van der Waals surface area contributed by atoms with Crippen molar-refractivity contribution in [2.75, 3.05) is 6.54 Å². The van der Waals surface area contributed by atoms with Crippen molar-refractivity contribution in [1.29, 1.82) is 0 Å². The number of hydrogen-bond donors (Lipinski definition) is 2. The molecule has 108 valence electrons. The molecule has 0 aliphatic rings. The molecule has 0 aliphatic carbocycles. The Morgan fingerprint density at radius 3 is 2.90 bits per heavy atom. The number of aliphatic hydroxyl groups is 1. The molecular weight excluding hydrogens is 264 g/mol. The summed E-state index contributed by atoms with van der Waals surface area (Å²) in [5.41, 5.74) is -0.0382. The van der Waals surface area contributed by atoms with Gasteiger partial charge in [0.25, 0.3) is 0 Å². The van der Waals surface area contributed by atoms with Crippen molar-refractivity contribution < 1.29 is 13.9 Å². The summed E-state index contributed by atoms with van der Waals surface area (Å²) in [6, 6.07) is 4.92. The Bertz CT molecular complexity index is 545. The summed E-state index contributed by atoms with van der Waals surface area (Å²) in [6.45, 7) is 2.70. The molecule has 0 unspecified atom stereocenters. The van der Waals surface area contributed by atoms with Crippen LogP contribution in [-0.2, 0) is 6.54 Å². The van der Waals surface area contributed by atoms with Crippen molar-refractivity contribution in [3.8, 4) is 0 Å². The van der Waals surface area contributed by atoms with E-state index in [-0.39, 0.29) is 18.2 Å². The van der Waals surface area contributed by atoms with Gasteiger partial charge in [-0.1, -0.05) is 0 Å². The van der Waals surface area contributed by atoms with Gasteiger partial charge >= 0.3 is 0 Å². The molecule has 0 fully saturated rings. The minimum atomic E-state index is -1.09. The molecule has 4 nitrogen and oxygen atoms in total. The standard InChI is InChI=1S/C14H17F2N3O/c1-10(9-19-6-2-5-18-19)17-8-14(20)12-7-11(15)3-4-13(12)16/h2-7,10,14,17,20H,8-9H2,1H3/t10-,14+/m0/s1. The van der Waals surface area contributed by atoms with E-state index in [1.54, 1.807) is 10.9 Å². The van der Waals surface area contributed by atoms with E-state index in [4.69, 9.17) is 0 Å². The second kappa shape index (κ2) is 6.58. The Kier molecular flexibility index (Phi) is 4.81. The van der Waals surface area contributed by atoms with Crippen LogP contribution >= 0.6 is 0 Å². The summed E-state index contributed by atoms with van der Waals surface area (Å²) >= 11 is 0. The highest BCUT2D eigenvalue weighted by Gasteiger charge is 2.15. The number of nitrogens with one attached hydrogen (secondary N) is 1. The fourth-order valence-electron chi connectivity index (χ4n) is 1.95. The second-order valence-electron chi connectivity index (χ2n) is 4.72. The highest BCUT2D eigenvalue weighted by molar-refractivity contribution is 5.21. The molecule has 20 heavy (non-hydrogen) atoms. The third-order valence-corrected chi connectivity index (χ3v) is 3.00. The minimum Gasteiger partial charge on any atom is -0.387 e. The molecule has 0 bridgehead atoms. The summed E-state index contributed by atoms with van der Waals surface area (Å²) < 4.78 is 28.3. The monoisotopic (exact) mass is 281 g/mol. The van der Waals surface area contributed by atoms with E-state index in [0.717, 1.165) is 18.2 Å². The quantitative estimate of drug-likeness (QED) is 0.850. The van der Waals surface area contributed by atoms with E-state index in [1.165, 1.54) is 0 Å². The van der Waals surface area contributed by atoms with E-state index < -0.39 is 17.7 Å². The largest absolute Gasteiger partial charge is 0.387 e. The minimum absolute atomic E-state index is 0.0382. The lowest BCUT2D eigenvalue weighted by molar-refractivity contribution is 0.164. The zero-order valence-corrected chi connectivity index (χ0v) is 11.1. The molecule has 0 spiro atoms. The predicted molar refractivity (Wildman–Crippen MR) is 71.0 cm³/mol. The van der Waals surface area contributed by atoms with Crippen LogP contribution in [0.15, 0.2) is 36.7 Å². The van der Waals surface area contributed by atoms with Gasteiger partial charge in [0.1, 0.15) is 11.6 Å². The van der Waals surface area contributed by atoms with Crippen LogP contribution in [0.4, 0.5) is 8.78 Å². The molecule has 2 rings (SSSR count). The van der Waals surface area contributed by atoms with Crippen LogP contribution in [0.1, 0.15) is 18.6 Å². The first-order valence-corrected chi connectivity index (χ1v) is 6.40. The van der Waals surface area contributed by atoms with Gasteiger partial charge in [0.15, 0.2) is 0 Å². The number of benzene rings is 1. The molecule has 0 aliphatic heterocycles. The Labute approximate surface area is 116 Å². The molecule has 1 aromatic carbocycles. The third kappa shape index (κ3) is 3.85. The van der Waals surface area contributed by atoms with E-state index in [2.05, 4.69) is 10.4 Å². The molecule has 0 saturated heterocycles. The predicted octanol–water partition coefficient (Wildman–Crippen LogP) is 1.87. The third-order valence-electron chi connectivity index (χ3n) is 3.00. The number of rotatable bonds is 6. The molecular formula is C14H17F2N3O. The van der Waals surface area contributed by atoms with Crippen LogP contribution in [0, 0.1) is 11.6 Å². The van der Waals surface area contributed by atoms with Crippen molar-refractivity contribution in [2.24, 2.45) is 0 Å². The van der Waals surface area contributed by atoms with E-state index >= 15 is 0 Å². The summed E-state index contributed by atoms with van der Waals surface area (Å²) in [6.07, 6.45) is 2.43. The topological polar surface area (TPSA) is 50.1 Å². The smallest absolute Gasteiger partial charge is 0.129 e. The normalized spacial score (nSPS) is 14.2. The Morgan fingerprint density at radius 1 is 1.40 bits per heavy atom. The van der Waals surface area contributed by atoms with Gasteiger partial charge in [0.2, 0.25) is 0 Å². The zero-order valence-electron chi connectivity index (χ0n) is 11.1. The molecule has 1 heterocycles. The first kappa shape index (κ1) is 14.6. The lowest BCUT2D eigenvalue weighted by Gasteiger charge is -2.18. The highest BCUT2D eigenvalue weighted by Crippen LogP contribution is 2.17. The van der Waals surface area contributed by atoms with E-state index in [9.17, 15) is 13.9 Å². The summed E-state index contributed by atoms with van der Waals surface area (Å²) in [5.74, 6) is -1.18. The van der Waals surface area contributed by atoms with Gasteiger partial charge in [-0.05, 0) is 31.2 Å². The molecule has 1 aromatic heterocycles. The van der Waals surface area contributed by atoms with Gasteiger partial charge in [-0.3, -0.25) is 4.68 Å². The van der Waals surface area contributed by atoms with Crippen molar-refractivity contribution in [1.82, 2.24) is 15.1 Å². The van der Waals surface area contributed by atoms with Crippen molar-refractivity contribution >= 4 is 0 Å². The van der Waals surface area contributed by atoms with E-state index in [1.807, 2.05) is 19.2 Å². The molecule has 0 radical (unpaired) electrons. The molecule has 2 aromatic rings. The van der Waals surface area contributed by atoms with Crippen molar-refractivity contribution in [3.63, 3.8) is 0 Å². The maximum absolute atomic E-state index is 13.5. The van der Waals surface area contributed by atoms with Gasteiger partial charge in [0, 0.05) is 30.5 Å². The molecule has 0 amide bonds. The van der Waals surface area contributed by atoms with Gasteiger partial charge in [-0.25, -0.2) is 8.78 Å². The molecule has 6 heteroatoms. The molecule has 0 saturated carbocycles. The maximum atomic E-state index is 13.5. The summed E-state index contributed by atoms with van der Waals surface area (Å²) in [7, 11) is 0. The summed E-state index contributed by atoms with van der Waals surface area (Å²) in [5, 5.41) is 17.0. The maximum Gasteiger partial charge on any atom is 0.129 e. The Balaban J connectivity index is 1.88. The Hall–Kier alpha value is -1.79. The highest BCUT2D eigenvalue weighted by atomic mass is 19.1. The van der Waals surface area contributed by atoms with Crippen LogP contribution in [-0.4, -0.2) is 27.5 Å². The van der Waals surface area contributed by atoms with Gasteiger partial charge < -0.3 is 10.4 Å². The average molecular weight is 281 g/mol. The first-order chi connectivity index (χ1) is 9.56. The van der Waals surface area contributed by atoms with Crippen LogP contribution < -0.4 is 5.32 Å². The van der Waals surface area contributed by atoms with E-state index in [0.29, 0.717) is 6.54 Å². The van der Waals surface area contributed by atoms with Crippen LogP contribution in [0.2, 0.25) is 0 Å². The number of nitrogens with zero attached hydrogens (tertiary/aromatic N) is 2. The zero-order chi connectivity index (χ0) is 14.5. The number of aliphatic hydroxyl groups excluding tert-OH is 1. The fourth-order valence-corrected chi connectivity index (χ4v) is 1.95. The van der Waals surface area contributed by atoms with Gasteiger partial charge in [0.05, 0.1) is 12.6 Å². The number of halogens is 2. The van der Waals surface area contributed by atoms with Crippen LogP contribution in [0.3, 0.4) is 0 Å². The van der Waals surface area contributed by atoms with Crippen LogP contribution in [0.25, 0.3) is 0 Å². The lowest BCUT2D eigenvalue weighted by Crippen LogP contribution is -2.34. The van der Waals surface area contributed by atoms with Crippen LogP contribution in [0.5, 0.6) is 0 Å². The lowest BCUT2D eigenvalue weighted by atomic mass is 10.1.